The zero-order valence-electron chi connectivity index (χ0n) is 11.2. The van der Waals surface area contributed by atoms with Crippen LogP contribution in [0, 0.1) is 6.92 Å². The van der Waals surface area contributed by atoms with Crippen LogP contribution in [0.4, 0.5) is 0 Å². The molecule has 0 amide bonds. The van der Waals surface area contributed by atoms with E-state index in [2.05, 4.69) is 23.8 Å². The van der Waals surface area contributed by atoms with Crippen molar-refractivity contribution in [2.45, 2.75) is 45.2 Å². The number of hydrogen-bond acceptors (Lipinski definition) is 3. The standard InChI is InChI=1S/C13H24N4/c1-4-11-6-5-7-17(11)13(8-14)12-9-15-16(3)10(12)2/h9,11,13H,4-8,14H2,1-3H3. The Kier molecular flexibility index (Phi) is 3.84. The first-order chi connectivity index (χ1) is 8.19. The van der Waals surface area contributed by atoms with Crippen molar-refractivity contribution in [1.29, 1.82) is 0 Å². The highest BCUT2D eigenvalue weighted by Crippen LogP contribution is 2.31. The number of aromatic nitrogens is 2. The Morgan fingerprint density at radius 3 is 2.88 bits per heavy atom. The fraction of sp³-hybridized carbons (Fsp3) is 0.769. The lowest BCUT2D eigenvalue weighted by Gasteiger charge is -2.31. The highest BCUT2D eigenvalue weighted by atomic mass is 15.3. The summed E-state index contributed by atoms with van der Waals surface area (Å²) in [5.74, 6) is 0. The van der Waals surface area contributed by atoms with Crippen molar-refractivity contribution in [2.75, 3.05) is 13.1 Å². The molecule has 0 aromatic carbocycles. The van der Waals surface area contributed by atoms with Gasteiger partial charge in [-0.1, -0.05) is 6.92 Å². The van der Waals surface area contributed by atoms with E-state index in [-0.39, 0.29) is 0 Å². The Morgan fingerprint density at radius 1 is 1.59 bits per heavy atom. The van der Waals surface area contributed by atoms with Gasteiger partial charge in [-0.25, -0.2) is 0 Å². The molecule has 1 aromatic heterocycles. The molecule has 1 saturated heterocycles. The van der Waals surface area contributed by atoms with Gasteiger partial charge in [-0.05, 0) is 32.7 Å². The van der Waals surface area contributed by atoms with Crippen LogP contribution < -0.4 is 5.73 Å². The van der Waals surface area contributed by atoms with Crippen LogP contribution >= 0.6 is 0 Å². The van der Waals surface area contributed by atoms with Gasteiger partial charge in [0.25, 0.3) is 0 Å². The zero-order chi connectivity index (χ0) is 12.4. The largest absolute Gasteiger partial charge is 0.329 e. The first-order valence-electron chi connectivity index (χ1n) is 6.63. The Hall–Kier alpha value is -0.870. The van der Waals surface area contributed by atoms with Gasteiger partial charge in [0.1, 0.15) is 0 Å². The van der Waals surface area contributed by atoms with Crippen molar-refractivity contribution < 1.29 is 0 Å². The first-order valence-corrected chi connectivity index (χ1v) is 6.63. The monoisotopic (exact) mass is 236 g/mol. The molecule has 0 aliphatic carbocycles. The molecule has 2 N–H and O–H groups in total. The van der Waals surface area contributed by atoms with Crippen LogP contribution in [-0.2, 0) is 7.05 Å². The van der Waals surface area contributed by atoms with Gasteiger partial charge in [0.05, 0.1) is 12.2 Å². The molecule has 1 aliphatic rings. The second-order valence-electron chi connectivity index (χ2n) is 5.00. The fourth-order valence-corrected chi connectivity index (χ4v) is 2.99. The molecule has 2 heterocycles. The smallest absolute Gasteiger partial charge is 0.0540 e. The lowest BCUT2D eigenvalue weighted by atomic mass is 10.0. The Morgan fingerprint density at radius 2 is 2.35 bits per heavy atom. The van der Waals surface area contributed by atoms with Crippen molar-refractivity contribution in [3.05, 3.63) is 17.5 Å². The minimum atomic E-state index is 0.344. The van der Waals surface area contributed by atoms with E-state index in [1.807, 2.05) is 17.9 Å². The van der Waals surface area contributed by atoms with Crippen LogP contribution in [0.15, 0.2) is 6.20 Å². The second-order valence-corrected chi connectivity index (χ2v) is 5.00. The van der Waals surface area contributed by atoms with Crippen molar-refractivity contribution in [2.24, 2.45) is 12.8 Å². The van der Waals surface area contributed by atoms with Crippen LogP contribution in [0.5, 0.6) is 0 Å². The van der Waals surface area contributed by atoms with Gasteiger partial charge in [0.15, 0.2) is 0 Å². The van der Waals surface area contributed by atoms with Crippen LogP contribution in [0.1, 0.15) is 43.5 Å². The molecule has 0 bridgehead atoms. The van der Waals surface area contributed by atoms with E-state index in [4.69, 9.17) is 5.73 Å². The van der Waals surface area contributed by atoms with Gasteiger partial charge in [0.2, 0.25) is 0 Å². The summed E-state index contributed by atoms with van der Waals surface area (Å²) >= 11 is 0. The van der Waals surface area contributed by atoms with Crippen molar-refractivity contribution >= 4 is 0 Å². The minimum Gasteiger partial charge on any atom is -0.329 e. The van der Waals surface area contributed by atoms with Gasteiger partial charge in [-0.3, -0.25) is 9.58 Å². The van der Waals surface area contributed by atoms with Crippen molar-refractivity contribution in [3.63, 3.8) is 0 Å². The first kappa shape index (κ1) is 12.6. The lowest BCUT2D eigenvalue weighted by Crippen LogP contribution is -2.37. The second kappa shape index (κ2) is 5.19. The Balaban J connectivity index is 2.24. The third kappa shape index (κ3) is 2.24. The summed E-state index contributed by atoms with van der Waals surface area (Å²) in [6, 6.07) is 1.04. The third-order valence-electron chi connectivity index (χ3n) is 4.15. The SMILES string of the molecule is CCC1CCCN1C(CN)c1cnn(C)c1C. The van der Waals surface area contributed by atoms with E-state index >= 15 is 0 Å². The number of aryl methyl sites for hydroxylation is 1. The number of rotatable bonds is 4. The average molecular weight is 236 g/mol. The molecular formula is C13H24N4. The van der Waals surface area contributed by atoms with Gasteiger partial charge < -0.3 is 5.73 Å². The number of nitrogens with zero attached hydrogens (tertiary/aromatic N) is 3. The quantitative estimate of drug-likeness (QED) is 0.864. The molecule has 2 rings (SSSR count). The summed E-state index contributed by atoms with van der Waals surface area (Å²) in [5.41, 5.74) is 8.54. The van der Waals surface area contributed by atoms with E-state index in [1.54, 1.807) is 0 Å². The molecule has 4 heteroatoms. The molecule has 1 fully saturated rings. The summed E-state index contributed by atoms with van der Waals surface area (Å²) in [7, 11) is 1.99. The molecule has 2 atom stereocenters. The van der Waals surface area contributed by atoms with Crippen LogP contribution in [-0.4, -0.2) is 33.8 Å². The predicted octanol–water partition coefficient (Wildman–Crippen LogP) is 1.60. The molecular weight excluding hydrogens is 212 g/mol. The summed E-state index contributed by atoms with van der Waals surface area (Å²) in [4.78, 5) is 2.57. The molecule has 0 radical (unpaired) electrons. The van der Waals surface area contributed by atoms with Crippen LogP contribution in [0.3, 0.4) is 0 Å². The minimum absolute atomic E-state index is 0.344. The summed E-state index contributed by atoms with van der Waals surface area (Å²) in [6.45, 7) is 6.26. The van der Waals surface area contributed by atoms with E-state index in [9.17, 15) is 0 Å². The van der Waals surface area contributed by atoms with Gasteiger partial charge in [-0.15, -0.1) is 0 Å². The summed E-state index contributed by atoms with van der Waals surface area (Å²) < 4.78 is 1.94. The highest BCUT2D eigenvalue weighted by molar-refractivity contribution is 5.21. The van der Waals surface area contributed by atoms with E-state index < -0.39 is 0 Å². The third-order valence-corrected chi connectivity index (χ3v) is 4.15. The topological polar surface area (TPSA) is 47.1 Å². The maximum atomic E-state index is 6.00. The number of hydrogen-bond donors (Lipinski definition) is 1. The number of nitrogens with two attached hydrogens (primary N) is 1. The van der Waals surface area contributed by atoms with Gasteiger partial charge >= 0.3 is 0 Å². The maximum absolute atomic E-state index is 6.00. The van der Waals surface area contributed by atoms with E-state index in [0.29, 0.717) is 18.6 Å². The predicted molar refractivity (Wildman–Crippen MR) is 69.8 cm³/mol. The zero-order valence-corrected chi connectivity index (χ0v) is 11.2. The summed E-state index contributed by atoms with van der Waals surface area (Å²) in [5, 5.41) is 4.34. The fourth-order valence-electron chi connectivity index (χ4n) is 2.99. The molecule has 4 nitrogen and oxygen atoms in total. The highest BCUT2D eigenvalue weighted by Gasteiger charge is 2.31. The molecule has 17 heavy (non-hydrogen) atoms. The molecule has 0 spiro atoms. The molecule has 2 unspecified atom stereocenters. The molecule has 1 aromatic rings. The maximum Gasteiger partial charge on any atom is 0.0540 e. The summed E-state index contributed by atoms with van der Waals surface area (Å²) in [6.07, 6.45) is 5.81. The Labute approximate surface area is 104 Å². The van der Waals surface area contributed by atoms with Crippen LogP contribution in [0.25, 0.3) is 0 Å². The van der Waals surface area contributed by atoms with E-state index in [0.717, 1.165) is 0 Å². The molecule has 96 valence electrons. The lowest BCUT2D eigenvalue weighted by molar-refractivity contribution is 0.180. The number of likely N-dealkylation sites (tertiary alicyclic amines) is 1. The molecule has 0 saturated carbocycles. The van der Waals surface area contributed by atoms with Crippen LogP contribution in [0.2, 0.25) is 0 Å². The van der Waals surface area contributed by atoms with Crippen molar-refractivity contribution in [1.82, 2.24) is 14.7 Å². The Bertz CT molecular complexity index is 371. The molecule has 1 aliphatic heterocycles. The normalized spacial score (nSPS) is 23.2. The van der Waals surface area contributed by atoms with Crippen molar-refractivity contribution in [3.8, 4) is 0 Å². The van der Waals surface area contributed by atoms with E-state index in [1.165, 1.54) is 37.1 Å². The van der Waals surface area contributed by atoms with Gasteiger partial charge in [-0.2, -0.15) is 5.10 Å². The van der Waals surface area contributed by atoms with Gasteiger partial charge in [0, 0.05) is 30.9 Å². The average Bonchev–Trinajstić information content (AvgIpc) is 2.92.